The van der Waals surface area contributed by atoms with Crippen molar-refractivity contribution in [3.63, 3.8) is 0 Å². The molecule has 2 heteroatoms. The van der Waals surface area contributed by atoms with Crippen molar-refractivity contribution in [1.82, 2.24) is 0 Å². The number of Topliss-reactive ketones (excluding diaryl/α,β-unsaturated/α-hetero) is 1. The van der Waals surface area contributed by atoms with Gasteiger partial charge in [-0.3, -0.25) is 4.79 Å². The van der Waals surface area contributed by atoms with E-state index in [1.54, 1.807) is 6.92 Å². The molecule has 0 saturated carbocycles. The smallest absolute Gasteiger partial charge is 0.159 e. The zero-order valence-electron chi connectivity index (χ0n) is 11.4. The molecule has 0 unspecified atom stereocenters. The van der Waals surface area contributed by atoms with Gasteiger partial charge in [-0.2, -0.15) is 0 Å². The molecule has 2 nitrogen and oxygen atoms in total. The molecule has 0 fully saturated rings. The van der Waals surface area contributed by atoms with Crippen LogP contribution in [0.5, 0.6) is 0 Å². The Hall–Kier alpha value is -0.890. The highest BCUT2D eigenvalue weighted by Crippen LogP contribution is 2.34. The van der Waals surface area contributed by atoms with Crippen molar-refractivity contribution in [1.29, 1.82) is 0 Å². The zero-order valence-corrected chi connectivity index (χ0v) is 11.4. The summed E-state index contributed by atoms with van der Waals surface area (Å²) >= 11 is 0. The van der Waals surface area contributed by atoms with E-state index in [0.717, 1.165) is 24.8 Å². The molecule has 0 aromatic carbocycles. The molecule has 0 saturated heterocycles. The minimum Gasteiger partial charge on any atom is -0.393 e. The van der Waals surface area contributed by atoms with E-state index in [0.29, 0.717) is 12.2 Å². The Balaban J connectivity index is 2.52. The van der Waals surface area contributed by atoms with Crippen molar-refractivity contribution in [3.05, 3.63) is 23.3 Å². The van der Waals surface area contributed by atoms with E-state index < -0.39 is 0 Å². The van der Waals surface area contributed by atoms with E-state index in [-0.39, 0.29) is 11.5 Å². The van der Waals surface area contributed by atoms with Crippen LogP contribution in [0.1, 0.15) is 53.4 Å². The van der Waals surface area contributed by atoms with Crippen LogP contribution in [0, 0.1) is 5.41 Å². The number of hydrogen-bond donors (Lipinski definition) is 1. The second-order valence-electron chi connectivity index (χ2n) is 5.91. The predicted molar refractivity (Wildman–Crippen MR) is 70.8 cm³/mol. The lowest BCUT2D eigenvalue weighted by Gasteiger charge is -2.10. The fraction of sp³-hybridized carbons (Fsp3) is 0.667. The van der Waals surface area contributed by atoms with E-state index in [4.69, 9.17) is 5.11 Å². The predicted octanol–water partition coefficient (Wildman–Crippen LogP) is 3.41. The van der Waals surface area contributed by atoms with Crippen LogP contribution in [0.4, 0.5) is 0 Å². The van der Waals surface area contributed by atoms with Gasteiger partial charge in [-0.25, -0.2) is 0 Å². The number of aliphatic hydroxyl groups excluding tert-OH is 1. The first kappa shape index (κ1) is 14.2. The van der Waals surface area contributed by atoms with Crippen LogP contribution in [0.25, 0.3) is 0 Å². The summed E-state index contributed by atoms with van der Waals surface area (Å²) in [4.78, 5) is 11.8. The number of carbonyl (C=O) groups excluding carboxylic acids is 1. The molecule has 0 amide bonds. The van der Waals surface area contributed by atoms with Crippen molar-refractivity contribution in [2.45, 2.75) is 59.5 Å². The molecule has 17 heavy (non-hydrogen) atoms. The molecule has 96 valence electrons. The van der Waals surface area contributed by atoms with E-state index in [9.17, 15) is 4.79 Å². The average Bonchev–Trinajstić information content (AvgIpc) is 2.38. The number of aliphatic hydroxyl groups is 1. The lowest BCUT2D eigenvalue weighted by molar-refractivity contribution is -0.115. The normalized spacial score (nSPS) is 21.6. The standard InChI is InChI=1S/C15H24O2/c1-11(6-5-7-12(2)16)8-13-9-15(3,4)10-14(13)17/h6,9,12,16H,5,7-8,10H2,1-4H3/b11-6+/t12-/m0/s1. The van der Waals surface area contributed by atoms with E-state index in [1.807, 2.05) is 0 Å². The summed E-state index contributed by atoms with van der Waals surface area (Å²) in [5, 5.41) is 9.17. The van der Waals surface area contributed by atoms with Crippen LogP contribution in [0.3, 0.4) is 0 Å². The molecule has 0 radical (unpaired) electrons. The summed E-state index contributed by atoms with van der Waals surface area (Å²) in [6.45, 7) is 8.06. The van der Waals surface area contributed by atoms with Crippen LogP contribution < -0.4 is 0 Å². The summed E-state index contributed by atoms with van der Waals surface area (Å²) in [7, 11) is 0. The summed E-state index contributed by atoms with van der Waals surface area (Å²) in [5.41, 5.74) is 2.22. The quantitative estimate of drug-likeness (QED) is 0.743. The van der Waals surface area contributed by atoms with Gasteiger partial charge in [-0.1, -0.05) is 31.6 Å². The topological polar surface area (TPSA) is 37.3 Å². The average molecular weight is 236 g/mol. The van der Waals surface area contributed by atoms with Crippen LogP contribution in [0.15, 0.2) is 23.3 Å². The molecule has 0 bridgehead atoms. The van der Waals surface area contributed by atoms with E-state index in [2.05, 4.69) is 32.9 Å². The third-order valence-electron chi connectivity index (χ3n) is 3.09. The highest BCUT2D eigenvalue weighted by Gasteiger charge is 2.29. The maximum Gasteiger partial charge on any atom is 0.159 e. The van der Waals surface area contributed by atoms with Gasteiger partial charge in [0.25, 0.3) is 0 Å². The second kappa shape index (κ2) is 5.63. The van der Waals surface area contributed by atoms with Crippen LogP contribution in [0.2, 0.25) is 0 Å². The monoisotopic (exact) mass is 236 g/mol. The van der Waals surface area contributed by atoms with Crippen LogP contribution in [-0.4, -0.2) is 17.0 Å². The Morgan fingerprint density at radius 3 is 2.71 bits per heavy atom. The molecule has 0 heterocycles. The molecule has 1 rings (SSSR count). The van der Waals surface area contributed by atoms with Crippen molar-refractivity contribution in [3.8, 4) is 0 Å². The number of carbonyl (C=O) groups is 1. The molecule has 0 aromatic heterocycles. The summed E-state index contributed by atoms with van der Waals surface area (Å²) in [6.07, 6.45) is 7.08. The van der Waals surface area contributed by atoms with Gasteiger partial charge >= 0.3 is 0 Å². The van der Waals surface area contributed by atoms with Gasteiger partial charge in [-0.15, -0.1) is 0 Å². The molecule has 1 N–H and O–H groups in total. The van der Waals surface area contributed by atoms with Crippen LogP contribution in [-0.2, 0) is 4.79 Å². The fourth-order valence-corrected chi connectivity index (χ4v) is 2.22. The van der Waals surface area contributed by atoms with Gasteiger partial charge < -0.3 is 5.11 Å². The first-order valence-electron chi connectivity index (χ1n) is 6.39. The largest absolute Gasteiger partial charge is 0.393 e. The Kier molecular flexibility index (Phi) is 4.70. The van der Waals surface area contributed by atoms with Gasteiger partial charge in [0, 0.05) is 6.42 Å². The highest BCUT2D eigenvalue weighted by atomic mass is 16.3. The van der Waals surface area contributed by atoms with Crippen molar-refractivity contribution >= 4 is 5.78 Å². The molecule has 1 aliphatic rings. The maximum atomic E-state index is 11.8. The number of hydrogen-bond acceptors (Lipinski definition) is 2. The third kappa shape index (κ3) is 4.86. The van der Waals surface area contributed by atoms with Crippen molar-refractivity contribution < 1.29 is 9.90 Å². The minimum absolute atomic E-state index is 0.0340. The first-order valence-corrected chi connectivity index (χ1v) is 6.39. The Bertz CT molecular complexity index is 346. The summed E-state index contributed by atoms with van der Waals surface area (Å²) < 4.78 is 0. The molecular weight excluding hydrogens is 212 g/mol. The zero-order chi connectivity index (χ0) is 13.1. The van der Waals surface area contributed by atoms with Crippen molar-refractivity contribution in [2.75, 3.05) is 0 Å². The van der Waals surface area contributed by atoms with Gasteiger partial charge in [0.05, 0.1) is 6.10 Å². The Morgan fingerprint density at radius 2 is 2.24 bits per heavy atom. The fourth-order valence-electron chi connectivity index (χ4n) is 2.22. The third-order valence-corrected chi connectivity index (χ3v) is 3.09. The minimum atomic E-state index is -0.245. The Morgan fingerprint density at radius 1 is 1.59 bits per heavy atom. The molecule has 0 spiro atoms. The maximum absolute atomic E-state index is 11.8. The Labute approximate surface area is 104 Å². The van der Waals surface area contributed by atoms with Gasteiger partial charge in [0.1, 0.15) is 0 Å². The molecular formula is C15H24O2. The summed E-state index contributed by atoms with van der Waals surface area (Å²) in [5.74, 6) is 0.290. The second-order valence-corrected chi connectivity index (χ2v) is 5.91. The van der Waals surface area contributed by atoms with E-state index >= 15 is 0 Å². The lowest BCUT2D eigenvalue weighted by Crippen LogP contribution is -2.05. The number of ketones is 1. The molecule has 0 aliphatic heterocycles. The number of rotatable bonds is 5. The van der Waals surface area contributed by atoms with Gasteiger partial charge in [0.2, 0.25) is 0 Å². The highest BCUT2D eigenvalue weighted by molar-refractivity contribution is 5.98. The van der Waals surface area contributed by atoms with Crippen molar-refractivity contribution in [2.24, 2.45) is 5.41 Å². The summed E-state index contributed by atoms with van der Waals surface area (Å²) in [6, 6.07) is 0. The molecule has 0 aromatic rings. The van der Waals surface area contributed by atoms with Crippen LogP contribution >= 0.6 is 0 Å². The number of allylic oxidation sites excluding steroid dienone is 4. The first-order chi connectivity index (χ1) is 7.80. The van der Waals surface area contributed by atoms with Gasteiger partial charge in [-0.05, 0) is 44.1 Å². The van der Waals surface area contributed by atoms with E-state index in [1.165, 1.54) is 5.57 Å². The van der Waals surface area contributed by atoms with Gasteiger partial charge in [0.15, 0.2) is 5.78 Å². The SMILES string of the molecule is C/C(=C\CC[C@H](C)O)CC1=CC(C)(C)CC1=O. The molecule has 1 atom stereocenters. The lowest BCUT2D eigenvalue weighted by atomic mass is 9.93. The molecule has 1 aliphatic carbocycles.